The molecule has 0 amide bonds. The third kappa shape index (κ3) is 3.71. The first-order valence-electron chi connectivity index (χ1n) is 6.51. The highest BCUT2D eigenvalue weighted by Gasteiger charge is 2.35. The Morgan fingerprint density at radius 2 is 1.74 bits per heavy atom. The summed E-state index contributed by atoms with van der Waals surface area (Å²) in [5.41, 5.74) is 7.32. The lowest BCUT2D eigenvalue weighted by Gasteiger charge is -2.10. The van der Waals surface area contributed by atoms with Crippen molar-refractivity contribution < 1.29 is 27.9 Å². The van der Waals surface area contributed by atoms with Gasteiger partial charge < -0.3 is 10.6 Å². The number of aliphatic hydroxyl groups is 1. The van der Waals surface area contributed by atoms with Crippen LogP contribution in [0.1, 0.15) is 27.6 Å². The van der Waals surface area contributed by atoms with Crippen LogP contribution in [0.15, 0.2) is 54.6 Å². The van der Waals surface area contributed by atoms with Gasteiger partial charge in [0.15, 0.2) is 6.10 Å². The van der Waals surface area contributed by atoms with Crippen LogP contribution in [0.25, 0.3) is 5.53 Å². The summed E-state index contributed by atoms with van der Waals surface area (Å²) in [4.78, 5) is 15.0. The van der Waals surface area contributed by atoms with Crippen molar-refractivity contribution in [2.75, 3.05) is 0 Å². The summed E-state index contributed by atoms with van der Waals surface area (Å²) in [5, 5.41) is 10.1. The molecule has 0 heterocycles. The van der Waals surface area contributed by atoms with Gasteiger partial charge in [-0.25, -0.2) is 0 Å². The minimum Gasteiger partial charge on any atom is -0.376 e. The van der Waals surface area contributed by atoms with Crippen molar-refractivity contribution in [2.45, 2.75) is 12.3 Å². The molecule has 0 fully saturated rings. The number of hydrogen-bond acceptors (Lipinski definition) is 2. The van der Waals surface area contributed by atoms with E-state index in [9.17, 15) is 23.1 Å². The Labute approximate surface area is 129 Å². The molecule has 7 heteroatoms. The van der Waals surface area contributed by atoms with E-state index in [4.69, 9.17) is 5.53 Å². The average Bonchev–Trinajstić information content (AvgIpc) is 2.55. The molecule has 118 valence electrons. The van der Waals surface area contributed by atoms with Gasteiger partial charge in [-0.05, 0) is 17.7 Å². The molecule has 0 saturated carbocycles. The molecule has 2 aromatic carbocycles. The van der Waals surface area contributed by atoms with Crippen LogP contribution in [0.5, 0.6) is 0 Å². The fourth-order valence-corrected chi connectivity index (χ4v) is 2.00. The number of rotatable bonds is 4. The fourth-order valence-electron chi connectivity index (χ4n) is 2.00. The van der Waals surface area contributed by atoms with Gasteiger partial charge in [-0.1, -0.05) is 42.5 Å². The lowest BCUT2D eigenvalue weighted by atomic mass is 9.97. The highest BCUT2D eigenvalue weighted by atomic mass is 19.4. The summed E-state index contributed by atoms with van der Waals surface area (Å²) < 4.78 is 38.1. The van der Waals surface area contributed by atoms with E-state index in [0.717, 1.165) is 12.1 Å². The summed E-state index contributed by atoms with van der Waals surface area (Å²) in [5.74, 6) is -0.780. The zero-order valence-electron chi connectivity index (χ0n) is 11.7. The van der Waals surface area contributed by atoms with Gasteiger partial charge in [0.2, 0.25) is 0 Å². The number of ketones is 1. The zero-order valence-corrected chi connectivity index (χ0v) is 11.7. The van der Waals surface area contributed by atoms with Gasteiger partial charge in [-0.2, -0.15) is 18.0 Å². The van der Waals surface area contributed by atoms with Gasteiger partial charge >= 0.3 is 11.9 Å². The van der Waals surface area contributed by atoms with Gasteiger partial charge in [-0.3, -0.25) is 4.79 Å². The van der Waals surface area contributed by atoms with Crippen molar-refractivity contribution in [1.82, 2.24) is 0 Å². The molecule has 0 radical (unpaired) electrons. The quantitative estimate of drug-likeness (QED) is 0.406. The van der Waals surface area contributed by atoms with E-state index in [-0.39, 0.29) is 11.1 Å². The van der Waals surface area contributed by atoms with E-state index in [1.165, 1.54) is 18.2 Å². The SMILES string of the molecule is [N-]=[N+]=C(C(=O)c1ccccc1)C(O)c1cccc(C(F)(F)F)c1. The second kappa shape index (κ2) is 6.56. The number of benzene rings is 2. The Morgan fingerprint density at radius 3 is 2.30 bits per heavy atom. The van der Waals surface area contributed by atoms with Crippen LogP contribution >= 0.6 is 0 Å². The number of halogens is 3. The van der Waals surface area contributed by atoms with Gasteiger partial charge in [-0.15, -0.1) is 0 Å². The van der Waals surface area contributed by atoms with Crippen LogP contribution in [-0.2, 0) is 6.18 Å². The molecule has 23 heavy (non-hydrogen) atoms. The molecule has 0 spiro atoms. The molecule has 2 aromatic rings. The molecule has 4 nitrogen and oxygen atoms in total. The number of carbonyl (C=O) groups is 1. The molecule has 1 unspecified atom stereocenters. The molecule has 0 saturated heterocycles. The summed E-state index contributed by atoms with van der Waals surface area (Å²) in [6.07, 6.45) is -6.37. The van der Waals surface area contributed by atoms with Crippen molar-refractivity contribution in [3.05, 3.63) is 76.8 Å². The molecule has 0 bridgehead atoms. The van der Waals surface area contributed by atoms with Crippen LogP contribution < -0.4 is 0 Å². The second-order valence-corrected chi connectivity index (χ2v) is 4.71. The van der Waals surface area contributed by atoms with Gasteiger partial charge in [0.25, 0.3) is 5.78 Å². The monoisotopic (exact) mass is 320 g/mol. The van der Waals surface area contributed by atoms with Crippen LogP contribution in [0.4, 0.5) is 13.2 Å². The number of Topliss-reactive ketones (excluding diaryl/α,β-unsaturated/α-hetero) is 1. The third-order valence-electron chi connectivity index (χ3n) is 3.17. The van der Waals surface area contributed by atoms with Gasteiger partial charge in [0.05, 0.1) is 5.56 Å². The van der Waals surface area contributed by atoms with E-state index < -0.39 is 29.3 Å². The Bertz CT molecular complexity index is 766. The predicted octanol–water partition coefficient (Wildman–Crippen LogP) is 3.29. The lowest BCUT2D eigenvalue weighted by molar-refractivity contribution is -0.137. The van der Waals surface area contributed by atoms with Crippen molar-refractivity contribution in [2.24, 2.45) is 0 Å². The molecule has 0 aliphatic rings. The number of aliphatic hydroxyl groups excluding tert-OH is 1. The van der Waals surface area contributed by atoms with Crippen molar-refractivity contribution in [3.63, 3.8) is 0 Å². The number of carbonyl (C=O) groups excluding carboxylic acids is 1. The standard InChI is InChI=1S/C16H11F3N2O2/c17-16(18,19)12-8-4-7-11(9-12)15(23)13(21-20)14(22)10-5-2-1-3-6-10/h1-9,15,23H. The second-order valence-electron chi connectivity index (χ2n) is 4.71. The van der Waals surface area contributed by atoms with Crippen LogP contribution in [-0.4, -0.2) is 21.4 Å². The molecule has 1 N–H and O–H groups in total. The summed E-state index contributed by atoms with van der Waals surface area (Å²) >= 11 is 0. The summed E-state index contributed by atoms with van der Waals surface area (Å²) in [6, 6.07) is 11.5. The molecule has 0 aliphatic carbocycles. The van der Waals surface area contributed by atoms with Gasteiger partial charge in [0, 0.05) is 5.56 Å². The highest BCUT2D eigenvalue weighted by molar-refractivity contribution is 6.45. The molecule has 0 aliphatic heterocycles. The number of alkyl halides is 3. The smallest absolute Gasteiger partial charge is 0.376 e. The Balaban J connectivity index is 2.37. The van der Waals surface area contributed by atoms with E-state index in [1.54, 1.807) is 18.2 Å². The maximum absolute atomic E-state index is 12.7. The maximum Gasteiger partial charge on any atom is 0.416 e. The van der Waals surface area contributed by atoms with Crippen molar-refractivity contribution in [3.8, 4) is 0 Å². The van der Waals surface area contributed by atoms with E-state index in [2.05, 4.69) is 4.79 Å². The molecular formula is C16H11F3N2O2. The first-order valence-corrected chi connectivity index (χ1v) is 6.51. The molecule has 1 atom stereocenters. The number of hydrogen-bond donors (Lipinski definition) is 1. The maximum atomic E-state index is 12.7. The lowest BCUT2D eigenvalue weighted by Crippen LogP contribution is -2.24. The first-order chi connectivity index (χ1) is 10.8. The Hall–Kier alpha value is -2.76. The number of nitrogens with zero attached hydrogens (tertiary/aromatic N) is 2. The van der Waals surface area contributed by atoms with Gasteiger partial charge in [0.1, 0.15) is 0 Å². The predicted molar refractivity (Wildman–Crippen MR) is 75.8 cm³/mol. The van der Waals surface area contributed by atoms with Crippen LogP contribution in [0, 0.1) is 0 Å². The van der Waals surface area contributed by atoms with E-state index >= 15 is 0 Å². The minimum absolute atomic E-state index is 0.145. The largest absolute Gasteiger partial charge is 0.416 e. The van der Waals surface area contributed by atoms with Crippen LogP contribution in [0.3, 0.4) is 0 Å². The topological polar surface area (TPSA) is 73.7 Å². The van der Waals surface area contributed by atoms with E-state index in [1.807, 2.05) is 0 Å². The highest BCUT2D eigenvalue weighted by Crippen LogP contribution is 2.31. The normalized spacial score (nSPS) is 12.3. The van der Waals surface area contributed by atoms with Crippen LogP contribution in [0.2, 0.25) is 0 Å². The molecule has 2 rings (SSSR count). The first kappa shape index (κ1) is 16.6. The molecular weight excluding hydrogens is 309 g/mol. The molecule has 0 aromatic heterocycles. The van der Waals surface area contributed by atoms with E-state index in [0.29, 0.717) is 6.07 Å². The fraction of sp³-hybridized carbons (Fsp3) is 0.125. The van der Waals surface area contributed by atoms with Crippen molar-refractivity contribution >= 4 is 11.5 Å². The van der Waals surface area contributed by atoms with Crippen molar-refractivity contribution in [1.29, 1.82) is 0 Å². The Morgan fingerprint density at radius 1 is 1.09 bits per heavy atom. The average molecular weight is 320 g/mol. The summed E-state index contributed by atoms with van der Waals surface area (Å²) in [7, 11) is 0. The minimum atomic E-state index is -4.59. The Kier molecular flexibility index (Phi) is 4.74. The third-order valence-corrected chi connectivity index (χ3v) is 3.17. The summed E-state index contributed by atoms with van der Waals surface area (Å²) in [6.45, 7) is 0. The zero-order chi connectivity index (χ0) is 17.0.